The first kappa shape index (κ1) is 20.0. The summed E-state index contributed by atoms with van der Waals surface area (Å²) in [5, 5.41) is 8.85. The van der Waals surface area contributed by atoms with Gasteiger partial charge >= 0.3 is 0 Å². The zero-order chi connectivity index (χ0) is 20.5. The minimum Gasteiger partial charge on any atom is -0.206 e. The standard InChI is InChI=1S/C25H26F3N/c1-2-3-4-15-5-7-18-16(11-15)6-8-21-20(18)10-9-19(25(21)28)17-12-23(26)22(14-29)24(27)13-17/h9-10,12-13,15-16,18H,2-8,11H2,1H3. The van der Waals surface area contributed by atoms with Crippen molar-refractivity contribution >= 4 is 0 Å². The molecule has 0 aromatic heterocycles. The summed E-state index contributed by atoms with van der Waals surface area (Å²) in [5.41, 5.74) is 1.52. The Morgan fingerprint density at radius 1 is 1.07 bits per heavy atom. The van der Waals surface area contributed by atoms with Crippen LogP contribution in [0.4, 0.5) is 13.2 Å². The van der Waals surface area contributed by atoms with Crippen LogP contribution in [0.15, 0.2) is 24.3 Å². The first-order valence-electron chi connectivity index (χ1n) is 10.7. The molecule has 1 saturated carbocycles. The van der Waals surface area contributed by atoms with Crippen LogP contribution in [0.5, 0.6) is 0 Å². The molecule has 2 aromatic rings. The van der Waals surface area contributed by atoms with Crippen LogP contribution in [0.1, 0.15) is 74.5 Å². The van der Waals surface area contributed by atoms with E-state index in [9.17, 15) is 8.78 Å². The van der Waals surface area contributed by atoms with Gasteiger partial charge in [-0.2, -0.15) is 5.26 Å². The van der Waals surface area contributed by atoms with Crippen molar-refractivity contribution < 1.29 is 13.2 Å². The number of benzene rings is 2. The Hall–Kier alpha value is -2.28. The molecule has 2 aromatic carbocycles. The molecule has 1 nitrogen and oxygen atoms in total. The lowest BCUT2D eigenvalue weighted by atomic mass is 9.64. The largest absolute Gasteiger partial charge is 0.206 e. The number of nitrogens with zero attached hydrogens (tertiary/aromatic N) is 1. The molecule has 0 heterocycles. The third kappa shape index (κ3) is 3.68. The maximum Gasteiger partial charge on any atom is 0.144 e. The van der Waals surface area contributed by atoms with Gasteiger partial charge in [0.15, 0.2) is 0 Å². The number of unbranched alkanes of at least 4 members (excludes halogenated alkanes) is 1. The molecule has 0 aliphatic heterocycles. The molecule has 4 rings (SSSR count). The molecule has 29 heavy (non-hydrogen) atoms. The predicted octanol–water partition coefficient (Wildman–Crippen LogP) is 7.28. The van der Waals surface area contributed by atoms with Crippen LogP contribution in [0.25, 0.3) is 11.1 Å². The SMILES string of the molecule is CCCCC1CCC2c3ccc(-c4cc(F)c(C#N)c(F)c4)c(F)c3CCC2C1. The summed E-state index contributed by atoms with van der Waals surface area (Å²) < 4.78 is 43.4. The van der Waals surface area contributed by atoms with Crippen LogP contribution in [0.2, 0.25) is 0 Å². The molecular formula is C25H26F3N. The molecule has 0 amide bonds. The van der Waals surface area contributed by atoms with Gasteiger partial charge in [0.2, 0.25) is 0 Å². The monoisotopic (exact) mass is 397 g/mol. The van der Waals surface area contributed by atoms with E-state index in [4.69, 9.17) is 5.26 Å². The molecule has 0 bridgehead atoms. The van der Waals surface area contributed by atoms with Crippen molar-refractivity contribution in [1.29, 1.82) is 5.26 Å². The van der Waals surface area contributed by atoms with Gasteiger partial charge in [-0.25, -0.2) is 13.2 Å². The third-order valence-electron chi connectivity index (χ3n) is 6.97. The van der Waals surface area contributed by atoms with Gasteiger partial charge in [0.1, 0.15) is 29.1 Å². The summed E-state index contributed by atoms with van der Waals surface area (Å²) in [4.78, 5) is 0. The molecule has 3 atom stereocenters. The van der Waals surface area contributed by atoms with E-state index in [1.165, 1.54) is 38.2 Å². The molecule has 0 radical (unpaired) electrons. The van der Waals surface area contributed by atoms with E-state index >= 15 is 4.39 Å². The predicted molar refractivity (Wildman–Crippen MR) is 108 cm³/mol. The Morgan fingerprint density at radius 2 is 1.83 bits per heavy atom. The highest BCUT2D eigenvalue weighted by molar-refractivity contribution is 5.67. The van der Waals surface area contributed by atoms with E-state index in [0.29, 0.717) is 23.8 Å². The number of hydrogen-bond donors (Lipinski definition) is 0. The number of fused-ring (bicyclic) bond motifs is 3. The molecule has 4 heteroatoms. The van der Waals surface area contributed by atoms with Gasteiger partial charge in [0.05, 0.1) is 0 Å². The van der Waals surface area contributed by atoms with E-state index in [0.717, 1.165) is 36.5 Å². The summed E-state index contributed by atoms with van der Waals surface area (Å²) in [6.45, 7) is 2.23. The average Bonchev–Trinajstić information content (AvgIpc) is 2.71. The highest BCUT2D eigenvalue weighted by Gasteiger charge is 2.36. The summed E-state index contributed by atoms with van der Waals surface area (Å²) in [6, 6.07) is 7.23. The normalized spacial score (nSPS) is 23.2. The Bertz CT molecular complexity index is 936. The van der Waals surface area contributed by atoms with Crippen molar-refractivity contribution in [2.75, 3.05) is 0 Å². The fourth-order valence-corrected chi connectivity index (χ4v) is 5.47. The fraction of sp³-hybridized carbons (Fsp3) is 0.480. The summed E-state index contributed by atoms with van der Waals surface area (Å²) in [7, 11) is 0. The van der Waals surface area contributed by atoms with E-state index < -0.39 is 17.2 Å². The fourth-order valence-electron chi connectivity index (χ4n) is 5.47. The van der Waals surface area contributed by atoms with Crippen LogP contribution in [-0.2, 0) is 6.42 Å². The second-order valence-electron chi connectivity index (χ2n) is 8.65. The minimum atomic E-state index is -0.954. The van der Waals surface area contributed by atoms with Gasteiger partial charge in [0, 0.05) is 5.56 Å². The number of hydrogen-bond acceptors (Lipinski definition) is 1. The van der Waals surface area contributed by atoms with E-state index in [1.807, 2.05) is 6.07 Å². The summed E-state index contributed by atoms with van der Waals surface area (Å²) >= 11 is 0. The second kappa shape index (κ2) is 8.22. The Kier molecular flexibility index (Phi) is 5.67. The zero-order valence-corrected chi connectivity index (χ0v) is 16.8. The summed E-state index contributed by atoms with van der Waals surface area (Å²) in [5.74, 6) is -0.457. The highest BCUT2D eigenvalue weighted by Crippen LogP contribution is 2.49. The molecule has 2 aliphatic rings. The van der Waals surface area contributed by atoms with Crippen LogP contribution >= 0.6 is 0 Å². The lowest BCUT2D eigenvalue weighted by Gasteiger charge is -2.41. The number of nitriles is 1. The lowest BCUT2D eigenvalue weighted by molar-refractivity contribution is 0.198. The minimum absolute atomic E-state index is 0.143. The molecule has 0 N–H and O–H groups in total. The van der Waals surface area contributed by atoms with Crippen molar-refractivity contribution in [2.45, 2.75) is 64.2 Å². The van der Waals surface area contributed by atoms with Crippen LogP contribution in [0, 0.1) is 40.6 Å². The Labute approximate surface area is 170 Å². The van der Waals surface area contributed by atoms with E-state index in [-0.39, 0.29) is 16.9 Å². The maximum atomic E-state index is 15.4. The van der Waals surface area contributed by atoms with Crippen LogP contribution in [0.3, 0.4) is 0 Å². The Morgan fingerprint density at radius 3 is 2.52 bits per heavy atom. The molecule has 0 saturated heterocycles. The first-order valence-corrected chi connectivity index (χ1v) is 10.7. The topological polar surface area (TPSA) is 23.8 Å². The smallest absolute Gasteiger partial charge is 0.144 e. The summed E-state index contributed by atoms with van der Waals surface area (Å²) in [6.07, 6.45) is 9.02. The van der Waals surface area contributed by atoms with Crippen molar-refractivity contribution in [1.82, 2.24) is 0 Å². The third-order valence-corrected chi connectivity index (χ3v) is 6.97. The van der Waals surface area contributed by atoms with Gasteiger partial charge < -0.3 is 0 Å². The van der Waals surface area contributed by atoms with E-state index in [1.54, 1.807) is 6.07 Å². The van der Waals surface area contributed by atoms with Gasteiger partial charge in [-0.15, -0.1) is 0 Å². The average molecular weight is 397 g/mol. The van der Waals surface area contributed by atoms with E-state index in [2.05, 4.69) is 6.92 Å². The van der Waals surface area contributed by atoms with Crippen LogP contribution in [-0.4, -0.2) is 0 Å². The van der Waals surface area contributed by atoms with Gasteiger partial charge in [-0.1, -0.05) is 38.3 Å². The highest BCUT2D eigenvalue weighted by atomic mass is 19.1. The molecular weight excluding hydrogens is 371 g/mol. The quantitative estimate of drug-likeness (QED) is 0.532. The molecule has 152 valence electrons. The molecule has 1 fully saturated rings. The van der Waals surface area contributed by atoms with Crippen molar-refractivity contribution in [3.63, 3.8) is 0 Å². The molecule has 0 spiro atoms. The zero-order valence-electron chi connectivity index (χ0n) is 16.8. The Balaban J connectivity index is 1.64. The van der Waals surface area contributed by atoms with Crippen molar-refractivity contribution in [3.8, 4) is 17.2 Å². The second-order valence-corrected chi connectivity index (χ2v) is 8.65. The van der Waals surface area contributed by atoms with Crippen LogP contribution < -0.4 is 0 Å². The van der Waals surface area contributed by atoms with Gasteiger partial charge in [-0.3, -0.25) is 0 Å². The maximum absolute atomic E-state index is 15.4. The van der Waals surface area contributed by atoms with Crippen molar-refractivity contribution in [2.24, 2.45) is 11.8 Å². The lowest BCUT2D eigenvalue weighted by Crippen LogP contribution is -2.28. The number of halogens is 3. The van der Waals surface area contributed by atoms with Crippen molar-refractivity contribution in [3.05, 3.63) is 58.4 Å². The van der Waals surface area contributed by atoms with Gasteiger partial charge in [-0.05, 0) is 78.7 Å². The molecule has 3 unspecified atom stereocenters. The first-order chi connectivity index (χ1) is 14.0. The number of rotatable bonds is 4. The van der Waals surface area contributed by atoms with Gasteiger partial charge in [0.25, 0.3) is 0 Å². The molecule has 2 aliphatic carbocycles.